The zero-order valence-corrected chi connectivity index (χ0v) is 30.2. The quantitative estimate of drug-likeness (QED) is 0.119. The minimum absolute atomic E-state index is 0.206. The van der Waals surface area contributed by atoms with E-state index >= 15 is 4.79 Å². The maximum Gasteiger partial charge on any atom is 0.321 e. The first-order chi connectivity index (χ1) is 26.5. The number of amides is 2. The van der Waals surface area contributed by atoms with Crippen LogP contribution in [0.3, 0.4) is 0 Å². The molecule has 0 spiro atoms. The average Bonchev–Trinajstić information content (AvgIpc) is 3.28. The van der Waals surface area contributed by atoms with Crippen LogP contribution in [0.1, 0.15) is 33.4 Å². The fraction of sp³-hybridized carbons (Fsp3) is 0.213. The summed E-state index contributed by atoms with van der Waals surface area (Å²) in [5.74, 6) is 1.37. The smallest absolute Gasteiger partial charge is 0.321 e. The van der Waals surface area contributed by atoms with Gasteiger partial charge in [0.2, 0.25) is 0 Å². The molecule has 4 atom stereocenters. The van der Waals surface area contributed by atoms with Crippen LogP contribution in [0.15, 0.2) is 170 Å². The third-order valence-electron chi connectivity index (χ3n) is 10.0. The number of benzene rings is 6. The normalized spacial score (nSPS) is 18.6. The predicted molar refractivity (Wildman–Crippen MR) is 211 cm³/mol. The molecule has 1 heterocycles. The highest BCUT2D eigenvalue weighted by Gasteiger charge is 2.46. The topological polar surface area (TPSA) is 82.5 Å². The standard InChI is InChI=1S/C47H46N2O5/c50-45-43(29-35-15-5-1-6-16-35)48(31-39-23-13-25-41(27-39)53-33-37-19-9-3-10-20-37)47(52)49(44(46(45)51)30-36-17-7-2-8-18-36)32-40-24-14-26-42(28-40)54-34-38-21-11-4-12-22-38/h1-28,43-46,50-51H,29-34H2/t43-,44-,45+,46+/m1/s1. The van der Waals surface area contributed by atoms with Crippen molar-refractivity contribution >= 4 is 6.03 Å². The number of nitrogens with zero attached hydrogens (tertiary/aromatic N) is 2. The lowest BCUT2D eigenvalue weighted by atomic mass is 9.91. The van der Waals surface area contributed by atoms with Gasteiger partial charge in [0, 0.05) is 13.1 Å². The fourth-order valence-corrected chi connectivity index (χ4v) is 7.16. The van der Waals surface area contributed by atoms with E-state index in [4.69, 9.17) is 9.47 Å². The molecule has 274 valence electrons. The van der Waals surface area contributed by atoms with Crippen LogP contribution in [0.5, 0.6) is 11.5 Å². The number of carbonyl (C=O) groups excluding carboxylic acids is 1. The van der Waals surface area contributed by atoms with E-state index in [1.165, 1.54) is 0 Å². The molecule has 54 heavy (non-hydrogen) atoms. The van der Waals surface area contributed by atoms with Crippen LogP contribution < -0.4 is 9.47 Å². The SMILES string of the molecule is O=C1N(Cc2cccc(OCc3ccccc3)c2)[C@H](Cc2ccccc2)[C@H](O)[C@@H](O)[C@@H](Cc2ccccc2)N1Cc1cccc(OCc2ccccc2)c1. The number of aliphatic hydroxyl groups excluding tert-OH is 2. The first kappa shape index (κ1) is 36.5. The van der Waals surface area contributed by atoms with E-state index in [1.54, 1.807) is 9.80 Å². The lowest BCUT2D eigenvalue weighted by Gasteiger charge is -2.36. The highest BCUT2D eigenvalue weighted by molar-refractivity contribution is 5.76. The van der Waals surface area contributed by atoms with Gasteiger partial charge in [-0.25, -0.2) is 4.79 Å². The molecule has 7 rings (SSSR count). The largest absolute Gasteiger partial charge is 0.489 e. The van der Waals surface area contributed by atoms with Crippen molar-refractivity contribution in [2.45, 2.75) is 63.4 Å². The molecule has 0 aromatic heterocycles. The number of carbonyl (C=O) groups is 1. The number of hydrogen-bond acceptors (Lipinski definition) is 5. The van der Waals surface area contributed by atoms with Crippen molar-refractivity contribution in [2.24, 2.45) is 0 Å². The molecule has 0 unspecified atom stereocenters. The molecule has 1 saturated heterocycles. The number of ether oxygens (including phenoxy) is 2. The van der Waals surface area contributed by atoms with Crippen LogP contribution in [0.2, 0.25) is 0 Å². The second-order valence-electron chi connectivity index (χ2n) is 13.9. The van der Waals surface area contributed by atoms with E-state index in [-0.39, 0.29) is 19.1 Å². The van der Waals surface area contributed by atoms with Crippen LogP contribution in [0.4, 0.5) is 4.79 Å². The van der Waals surface area contributed by atoms with Gasteiger partial charge < -0.3 is 29.5 Å². The molecule has 7 heteroatoms. The molecule has 1 fully saturated rings. The number of aliphatic hydroxyl groups is 2. The molecule has 6 aromatic rings. The molecule has 0 radical (unpaired) electrons. The maximum atomic E-state index is 15.2. The van der Waals surface area contributed by atoms with Gasteiger partial charge in [-0.3, -0.25) is 0 Å². The molecule has 1 aliphatic heterocycles. The maximum absolute atomic E-state index is 15.2. The first-order valence-electron chi connectivity index (χ1n) is 18.5. The lowest BCUT2D eigenvalue weighted by molar-refractivity contribution is -0.0408. The van der Waals surface area contributed by atoms with Gasteiger partial charge >= 0.3 is 6.03 Å². The molecule has 1 aliphatic rings. The first-order valence-corrected chi connectivity index (χ1v) is 18.5. The summed E-state index contributed by atoms with van der Waals surface area (Å²) in [5.41, 5.74) is 5.74. The Morgan fingerprint density at radius 1 is 0.426 bits per heavy atom. The summed E-state index contributed by atoms with van der Waals surface area (Å²) >= 11 is 0. The van der Waals surface area contributed by atoms with Gasteiger partial charge in [0.15, 0.2) is 0 Å². The summed E-state index contributed by atoms with van der Waals surface area (Å²) in [5, 5.41) is 24.3. The minimum atomic E-state index is -1.23. The van der Waals surface area contributed by atoms with E-state index in [9.17, 15) is 10.2 Å². The Hall–Kier alpha value is -5.89. The third-order valence-corrected chi connectivity index (χ3v) is 10.0. The fourth-order valence-electron chi connectivity index (χ4n) is 7.16. The summed E-state index contributed by atoms with van der Waals surface area (Å²) in [7, 11) is 0. The van der Waals surface area contributed by atoms with Gasteiger partial charge in [0.1, 0.15) is 36.9 Å². The van der Waals surface area contributed by atoms with E-state index in [0.29, 0.717) is 37.6 Å². The highest BCUT2D eigenvalue weighted by atomic mass is 16.5. The van der Waals surface area contributed by atoms with Crippen molar-refractivity contribution in [1.29, 1.82) is 0 Å². The number of rotatable bonds is 14. The summed E-state index contributed by atoms with van der Waals surface area (Å²) in [6.45, 7) is 1.24. The Labute approximate surface area is 317 Å². The lowest BCUT2D eigenvalue weighted by Crippen LogP contribution is -2.50. The Balaban J connectivity index is 1.22. The summed E-state index contributed by atoms with van der Waals surface area (Å²) in [6.07, 6.45) is -1.73. The van der Waals surface area contributed by atoms with Crippen LogP contribution >= 0.6 is 0 Å². The Kier molecular flexibility index (Phi) is 12.0. The van der Waals surface area contributed by atoms with Crippen molar-refractivity contribution in [2.75, 3.05) is 0 Å². The molecule has 2 amide bonds. The molecule has 7 nitrogen and oxygen atoms in total. The van der Waals surface area contributed by atoms with Gasteiger partial charge in [-0.05, 0) is 70.5 Å². The molecule has 6 aromatic carbocycles. The highest BCUT2D eigenvalue weighted by Crippen LogP contribution is 2.31. The number of urea groups is 1. The van der Waals surface area contributed by atoms with E-state index in [2.05, 4.69) is 0 Å². The summed E-state index contributed by atoms with van der Waals surface area (Å²) in [4.78, 5) is 18.7. The monoisotopic (exact) mass is 718 g/mol. The Bertz CT molecular complexity index is 1910. The molecular weight excluding hydrogens is 673 g/mol. The van der Waals surface area contributed by atoms with Crippen molar-refractivity contribution in [3.05, 3.63) is 203 Å². The van der Waals surface area contributed by atoms with Crippen molar-refractivity contribution in [1.82, 2.24) is 9.80 Å². The second kappa shape index (κ2) is 17.8. The predicted octanol–water partition coefficient (Wildman–Crippen LogP) is 8.23. The summed E-state index contributed by atoms with van der Waals surface area (Å²) < 4.78 is 12.3. The average molecular weight is 719 g/mol. The Morgan fingerprint density at radius 3 is 1.13 bits per heavy atom. The number of hydrogen-bond donors (Lipinski definition) is 2. The van der Waals surface area contributed by atoms with E-state index in [0.717, 1.165) is 33.4 Å². The third kappa shape index (κ3) is 9.36. The van der Waals surface area contributed by atoms with E-state index in [1.807, 2.05) is 170 Å². The zero-order chi connectivity index (χ0) is 37.1. The van der Waals surface area contributed by atoms with Crippen molar-refractivity contribution < 1.29 is 24.5 Å². The van der Waals surface area contributed by atoms with Gasteiger partial charge in [-0.1, -0.05) is 146 Å². The van der Waals surface area contributed by atoms with Crippen LogP contribution in [0.25, 0.3) is 0 Å². The Morgan fingerprint density at radius 2 is 0.759 bits per heavy atom. The molecule has 0 aliphatic carbocycles. The molecule has 0 bridgehead atoms. The van der Waals surface area contributed by atoms with Gasteiger partial charge in [0.05, 0.1) is 12.1 Å². The zero-order valence-electron chi connectivity index (χ0n) is 30.2. The minimum Gasteiger partial charge on any atom is -0.489 e. The van der Waals surface area contributed by atoms with Crippen molar-refractivity contribution in [3.63, 3.8) is 0 Å². The second-order valence-corrected chi connectivity index (χ2v) is 13.9. The van der Waals surface area contributed by atoms with Gasteiger partial charge in [-0.15, -0.1) is 0 Å². The van der Waals surface area contributed by atoms with Gasteiger partial charge in [0.25, 0.3) is 0 Å². The van der Waals surface area contributed by atoms with Crippen LogP contribution in [0, 0.1) is 0 Å². The molecule has 0 saturated carbocycles. The molecule has 2 N–H and O–H groups in total. The van der Waals surface area contributed by atoms with Gasteiger partial charge in [-0.2, -0.15) is 0 Å². The van der Waals surface area contributed by atoms with Crippen molar-refractivity contribution in [3.8, 4) is 11.5 Å². The van der Waals surface area contributed by atoms with E-state index < -0.39 is 24.3 Å². The van der Waals surface area contributed by atoms with Crippen LogP contribution in [-0.2, 0) is 39.1 Å². The molecular formula is C47H46N2O5. The van der Waals surface area contributed by atoms with Crippen LogP contribution in [-0.4, -0.2) is 50.3 Å². The summed E-state index contributed by atoms with van der Waals surface area (Å²) in [6, 6.07) is 53.4.